The van der Waals surface area contributed by atoms with E-state index >= 15 is 0 Å². The number of rotatable bonds is 6. The monoisotopic (exact) mass is 196 g/mol. The van der Waals surface area contributed by atoms with Crippen molar-refractivity contribution in [2.24, 2.45) is 5.73 Å². The van der Waals surface area contributed by atoms with Gasteiger partial charge in [-0.2, -0.15) is 0 Å². The average molecular weight is 196 g/mol. The summed E-state index contributed by atoms with van der Waals surface area (Å²) < 4.78 is 0. The zero-order valence-corrected chi connectivity index (χ0v) is 8.91. The van der Waals surface area contributed by atoms with E-state index in [1.807, 2.05) is 4.90 Å². The Bertz CT molecular complexity index is 211. The van der Waals surface area contributed by atoms with Crippen LogP contribution in [0.3, 0.4) is 0 Å². The van der Waals surface area contributed by atoms with Gasteiger partial charge in [0.25, 0.3) is 0 Å². The second kappa shape index (κ2) is 5.15. The molecular formula is C11H20N2O. The first kappa shape index (κ1) is 11.2. The van der Waals surface area contributed by atoms with Crippen LogP contribution in [-0.4, -0.2) is 29.4 Å². The molecule has 1 unspecified atom stereocenters. The topological polar surface area (TPSA) is 46.3 Å². The van der Waals surface area contributed by atoms with Gasteiger partial charge in [-0.05, 0) is 25.7 Å². The minimum Gasteiger partial charge on any atom is -0.338 e. The van der Waals surface area contributed by atoms with Crippen LogP contribution in [0.2, 0.25) is 0 Å². The van der Waals surface area contributed by atoms with E-state index in [2.05, 4.69) is 13.5 Å². The van der Waals surface area contributed by atoms with Gasteiger partial charge in [-0.3, -0.25) is 4.79 Å². The predicted octanol–water partition coefficient (Wildman–Crippen LogP) is 1.29. The molecule has 0 saturated heterocycles. The lowest BCUT2D eigenvalue weighted by Gasteiger charge is -2.24. The maximum atomic E-state index is 11.9. The maximum absolute atomic E-state index is 11.9. The predicted molar refractivity (Wildman–Crippen MR) is 57.8 cm³/mol. The highest BCUT2D eigenvalue weighted by Crippen LogP contribution is 2.27. The summed E-state index contributed by atoms with van der Waals surface area (Å²) in [6, 6.07) is 0.0814. The van der Waals surface area contributed by atoms with Gasteiger partial charge in [-0.15, -0.1) is 6.58 Å². The van der Waals surface area contributed by atoms with Crippen LogP contribution in [0.1, 0.15) is 32.6 Å². The van der Waals surface area contributed by atoms with Gasteiger partial charge >= 0.3 is 0 Å². The SMILES string of the molecule is C=CCC(N)C(=O)N(CCC)C1CC1. The number of nitrogens with two attached hydrogens (primary N) is 1. The molecule has 0 aromatic carbocycles. The fourth-order valence-electron chi connectivity index (χ4n) is 1.59. The van der Waals surface area contributed by atoms with Crippen LogP contribution in [0, 0.1) is 0 Å². The van der Waals surface area contributed by atoms with E-state index in [1.165, 1.54) is 0 Å². The molecule has 0 heterocycles. The van der Waals surface area contributed by atoms with E-state index in [4.69, 9.17) is 5.73 Å². The molecule has 0 bridgehead atoms. The van der Waals surface area contributed by atoms with Crippen LogP contribution in [0.4, 0.5) is 0 Å². The minimum absolute atomic E-state index is 0.0919. The Hall–Kier alpha value is -0.830. The molecule has 1 aliphatic carbocycles. The first-order chi connectivity index (χ1) is 6.70. The summed E-state index contributed by atoms with van der Waals surface area (Å²) in [5.74, 6) is 0.0919. The highest BCUT2D eigenvalue weighted by atomic mass is 16.2. The summed E-state index contributed by atoms with van der Waals surface area (Å²) in [7, 11) is 0. The molecule has 0 aromatic rings. The zero-order valence-electron chi connectivity index (χ0n) is 8.91. The Morgan fingerprint density at radius 3 is 2.79 bits per heavy atom. The molecule has 3 nitrogen and oxygen atoms in total. The van der Waals surface area contributed by atoms with Crippen LogP contribution in [-0.2, 0) is 4.79 Å². The Morgan fingerprint density at radius 2 is 2.36 bits per heavy atom. The van der Waals surface area contributed by atoms with Crippen molar-refractivity contribution in [2.75, 3.05) is 6.54 Å². The van der Waals surface area contributed by atoms with Gasteiger partial charge in [0.1, 0.15) is 0 Å². The molecule has 1 fully saturated rings. The van der Waals surface area contributed by atoms with Crippen LogP contribution in [0.25, 0.3) is 0 Å². The molecule has 1 atom stereocenters. The molecular weight excluding hydrogens is 176 g/mol. The van der Waals surface area contributed by atoms with E-state index in [1.54, 1.807) is 6.08 Å². The first-order valence-electron chi connectivity index (χ1n) is 5.37. The third-order valence-corrected chi connectivity index (χ3v) is 2.47. The summed E-state index contributed by atoms with van der Waals surface area (Å²) in [6.45, 7) is 6.52. The van der Waals surface area contributed by atoms with E-state index in [-0.39, 0.29) is 11.9 Å². The highest BCUT2D eigenvalue weighted by molar-refractivity contribution is 5.82. The Labute approximate surface area is 86.0 Å². The molecule has 1 saturated carbocycles. The maximum Gasteiger partial charge on any atom is 0.240 e. The fraction of sp³-hybridized carbons (Fsp3) is 0.727. The summed E-state index contributed by atoms with van der Waals surface area (Å²) in [4.78, 5) is 13.8. The standard InChI is InChI=1S/C11H20N2O/c1-3-5-10(12)11(14)13(8-4-2)9-6-7-9/h3,9-10H,1,4-8,12H2,2H3. The van der Waals surface area contributed by atoms with Gasteiger partial charge in [-0.25, -0.2) is 0 Å². The van der Waals surface area contributed by atoms with Crippen molar-refractivity contribution in [2.45, 2.75) is 44.7 Å². The quantitative estimate of drug-likeness (QED) is 0.651. The minimum atomic E-state index is -0.389. The molecule has 80 valence electrons. The normalized spacial score (nSPS) is 17.6. The first-order valence-corrected chi connectivity index (χ1v) is 5.37. The Kier molecular flexibility index (Phi) is 4.14. The number of carbonyl (C=O) groups is 1. The number of hydrogen-bond donors (Lipinski definition) is 1. The lowest BCUT2D eigenvalue weighted by molar-refractivity contribution is -0.133. The van der Waals surface area contributed by atoms with Gasteiger partial charge in [0, 0.05) is 12.6 Å². The molecule has 0 spiro atoms. The Morgan fingerprint density at radius 1 is 1.71 bits per heavy atom. The van der Waals surface area contributed by atoms with Crippen molar-refractivity contribution >= 4 is 5.91 Å². The average Bonchev–Trinajstić information content (AvgIpc) is 2.97. The number of amides is 1. The molecule has 2 N–H and O–H groups in total. The van der Waals surface area contributed by atoms with Crippen molar-refractivity contribution in [1.82, 2.24) is 4.90 Å². The summed E-state index contributed by atoms with van der Waals surface area (Å²) >= 11 is 0. The number of nitrogens with zero attached hydrogens (tertiary/aromatic N) is 1. The second-order valence-electron chi connectivity index (χ2n) is 3.89. The van der Waals surface area contributed by atoms with Gasteiger partial charge in [0.15, 0.2) is 0 Å². The van der Waals surface area contributed by atoms with Gasteiger partial charge in [-0.1, -0.05) is 13.0 Å². The molecule has 0 radical (unpaired) electrons. The molecule has 3 heteroatoms. The lowest BCUT2D eigenvalue weighted by atomic mass is 10.2. The van der Waals surface area contributed by atoms with E-state index < -0.39 is 0 Å². The van der Waals surface area contributed by atoms with Crippen LogP contribution >= 0.6 is 0 Å². The van der Waals surface area contributed by atoms with E-state index in [9.17, 15) is 4.79 Å². The largest absolute Gasteiger partial charge is 0.338 e. The van der Waals surface area contributed by atoms with Gasteiger partial charge < -0.3 is 10.6 Å². The number of hydrogen-bond acceptors (Lipinski definition) is 2. The summed E-state index contributed by atoms with van der Waals surface area (Å²) in [5, 5.41) is 0. The van der Waals surface area contributed by atoms with Crippen molar-refractivity contribution in [1.29, 1.82) is 0 Å². The highest BCUT2D eigenvalue weighted by Gasteiger charge is 2.33. The van der Waals surface area contributed by atoms with Gasteiger partial charge in [0.2, 0.25) is 5.91 Å². The molecule has 0 aliphatic heterocycles. The molecule has 1 aliphatic rings. The van der Waals surface area contributed by atoms with Crippen LogP contribution in [0.15, 0.2) is 12.7 Å². The molecule has 14 heavy (non-hydrogen) atoms. The van der Waals surface area contributed by atoms with Crippen molar-refractivity contribution < 1.29 is 4.79 Å². The van der Waals surface area contributed by atoms with Crippen LogP contribution in [0.5, 0.6) is 0 Å². The third-order valence-electron chi connectivity index (χ3n) is 2.47. The summed E-state index contributed by atoms with van der Waals surface area (Å²) in [5.41, 5.74) is 5.76. The Balaban J connectivity index is 2.48. The third kappa shape index (κ3) is 2.84. The molecule has 1 amide bonds. The van der Waals surface area contributed by atoms with E-state index in [0.717, 1.165) is 25.8 Å². The fourth-order valence-corrected chi connectivity index (χ4v) is 1.59. The zero-order chi connectivity index (χ0) is 10.6. The van der Waals surface area contributed by atoms with Gasteiger partial charge in [0.05, 0.1) is 6.04 Å². The van der Waals surface area contributed by atoms with Crippen LogP contribution < -0.4 is 5.73 Å². The lowest BCUT2D eigenvalue weighted by Crippen LogP contribution is -2.45. The molecule has 1 rings (SSSR count). The smallest absolute Gasteiger partial charge is 0.240 e. The molecule has 0 aromatic heterocycles. The van der Waals surface area contributed by atoms with Crippen molar-refractivity contribution in [3.63, 3.8) is 0 Å². The van der Waals surface area contributed by atoms with E-state index in [0.29, 0.717) is 12.5 Å². The summed E-state index contributed by atoms with van der Waals surface area (Å²) in [6.07, 6.45) is 5.58. The number of carbonyl (C=O) groups excluding carboxylic acids is 1. The second-order valence-corrected chi connectivity index (χ2v) is 3.89. The van der Waals surface area contributed by atoms with Crippen molar-refractivity contribution in [3.05, 3.63) is 12.7 Å². The van der Waals surface area contributed by atoms with Crippen molar-refractivity contribution in [3.8, 4) is 0 Å².